The third-order valence-electron chi connectivity index (χ3n) is 5.78. The largest absolute Gasteiger partial charge is 0.477 e. The Bertz CT molecular complexity index is 591. The Balaban J connectivity index is 1.47. The number of aromatic nitrogens is 1. The molecule has 1 aromatic rings. The lowest BCUT2D eigenvalue weighted by atomic mass is 9.73. The fraction of sp³-hybridized carbons (Fsp3) is 0.684. The van der Waals surface area contributed by atoms with Crippen molar-refractivity contribution in [2.45, 2.75) is 38.2 Å². The van der Waals surface area contributed by atoms with Crippen molar-refractivity contribution in [1.82, 2.24) is 14.8 Å². The molecule has 2 atom stereocenters. The summed E-state index contributed by atoms with van der Waals surface area (Å²) in [6.07, 6.45) is 7.12. The monoisotopic (exact) mass is 345 g/mol. The normalized spacial score (nSPS) is 29.4. The van der Waals surface area contributed by atoms with Crippen LogP contribution in [-0.2, 0) is 4.74 Å². The van der Waals surface area contributed by atoms with E-state index in [0.29, 0.717) is 12.5 Å². The summed E-state index contributed by atoms with van der Waals surface area (Å²) in [5.74, 6) is 0.643. The lowest BCUT2D eigenvalue weighted by Crippen LogP contribution is -2.60. The van der Waals surface area contributed by atoms with E-state index in [4.69, 9.17) is 9.47 Å². The number of pyridine rings is 1. The first-order chi connectivity index (χ1) is 12.3. The minimum atomic E-state index is -0.122. The zero-order valence-electron chi connectivity index (χ0n) is 14.7. The third kappa shape index (κ3) is 3.45. The summed E-state index contributed by atoms with van der Waals surface area (Å²) in [5, 5.41) is 0. The van der Waals surface area contributed by atoms with Crippen molar-refractivity contribution in [2.75, 3.05) is 39.4 Å². The highest BCUT2D eigenvalue weighted by atomic mass is 16.5. The molecule has 0 aliphatic carbocycles. The maximum atomic E-state index is 12.8. The SMILES string of the molecule is O=C(N1CCCC1)N1CCC2OCCCC2(COc2ccccn2)C1. The average molecular weight is 345 g/mol. The summed E-state index contributed by atoms with van der Waals surface area (Å²) < 4.78 is 12.1. The van der Waals surface area contributed by atoms with Crippen LogP contribution >= 0.6 is 0 Å². The molecule has 0 spiro atoms. The highest BCUT2D eigenvalue weighted by Gasteiger charge is 2.48. The van der Waals surface area contributed by atoms with Crippen LogP contribution in [-0.4, -0.2) is 66.3 Å². The molecule has 4 rings (SSSR count). The molecule has 0 N–H and O–H groups in total. The Hall–Kier alpha value is -1.82. The fourth-order valence-corrected chi connectivity index (χ4v) is 4.42. The standard InChI is InChI=1S/C19H27N3O3/c23-18(21-10-3-4-11-21)22-12-7-16-19(14-22,8-5-13-24-16)15-25-17-6-1-2-9-20-17/h1-2,6,9,16H,3-5,7-8,10-15H2. The quantitative estimate of drug-likeness (QED) is 0.845. The second-order valence-corrected chi connectivity index (χ2v) is 7.47. The molecule has 0 radical (unpaired) electrons. The number of piperidine rings is 1. The van der Waals surface area contributed by atoms with Crippen molar-refractivity contribution in [2.24, 2.45) is 5.41 Å². The number of urea groups is 1. The minimum absolute atomic E-state index is 0.122. The first-order valence-corrected chi connectivity index (χ1v) is 9.46. The summed E-state index contributed by atoms with van der Waals surface area (Å²) >= 11 is 0. The van der Waals surface area contributed by atoms with E-state index in [1.807, 2.05) is 28.0 Å². The number of hydrogen-bond donors (Lipinski definition) is 0. The minimum Gasteiger partial charge on any atom is -0.477 e. The van der Waals surface area contributed by atoms with Gasteiger partial charge < -0.3 is 19.3 Å². The smallest absolute Gasteiger partial charge is 0.320 e. The number of fused-ring (bicyclic) bond motifs is 1. The van der Waals surface area contributed by atoms with E-state index in [9.17, 15) is 4.79 Å². The maximum Gasteiger partial charge on any atom is 0.320 e. The number of carbonyl (C=O) groups excluding carboxylic acids is 1. The number of carbonyl (C=O) groups is 1. The van der Waals surface area contributed by atoms with Gasteiger partial charge in [-0.1, -0.05) is 6.07 Å². The van der Waals surface area contributed by atoms with Crippen molar-refractivity contribution < 1.29 is 14.3 Å². The summed E-state index contributed by atoms with van der Waals surface area (Å²) in [4.78, 5) is 21.1. The van der Waals surface area contributed by atoms with E-state index < -0.39 is 0 Å². The number of ether oxygens (including phenoxy) is 2. The van der Waals surface area contributed by atoms with E-state index in [0.717, 1.165) is 64.9 Å². The summed E-state index contributed by atoms with van der Waals surface area (Å²) in [5.41, 5.74) is -0.122. The average Bonchev–Trinajstić information content (AvgIpc) is 3.21. The predicted octanol–water partition coefficient (Wildman–Crippen LogP) is 2.55. The van der Waals surface area contributed by atoms with Crippen LogP contribution in [0.5, 0.6) is 5.88 Å². The van der Waals surface area contributed by atoms with Crippen LogP contribution in [0.3, 0.4) is 0 Å². The van der Waals surface area contributed by atoms with Gasteiger partial charge in [-0.2, -0.15) is 0 Å². The molecule has 4 heterocycles. The number of rotatable bonds is 3. The molecule has 3 aliphatic rings. The van der Waals surface area contributed by atoms with Gasteiger partial charge in [0.25, 0.3) is 0 Å². The molecule has 136 valence electrons. The zero-order valence-corrected chi connectivity index (χ0v) is 14.7. The molecule has 0 saturated carbocycles. The molecule has 3 fully saturated rings. The second-order valence-electron chi connectivity index (χ2n) is 7.47. The van der Waals surface area contributed by atoms with E-state index in [1.165, 1.54) is 0 Å². The third-order valence-corrected chi connectivity index (χ3v) is 5.78. The summed E-state index contributed by atoms with van der Waals surface area (Å²) in [6.45, 7) is 4.67. The van der Waals surface area contributed by atoms with Crippen LogP contribution in [0.25, 0.3) is 0 Å². The molecule has 0 bridgehead atoms. The van der Waals surface area contributed by atoms with Gasteiger partial charge in [-0.25, -0.2) is 9.78 Å². The highest BCUT2D eigenvalue weighted by Crippen LogP contribution is 2.41. The number of hydrogen-bond acceptors (Lipinski definition) is 4. The van der Waals surface area contributed by atoms with Gasteiger partial charge in [0.05, 0.1) is 12.7 Å². The molecule has 0 aromatic carbocycles. The highest BCUT2D eigenvalue weighted by molar-refractivity contribution is 5.75. The van der Waals surface area contributed by atoms with Gasteiger partial charge in [0.1, 0.15) is 0 Å². The first-order valence-electron chi connectivity index (χ1n) is 9.46. The van der Waals surface area contributed by atoms with Crippen molar-refractivity contribution >= 4 is 6.03 Å². The molecule has 3 saturated heterocycles. The van der Waals surface area contributed by atoms with Gasteiger partial charge in [-0.15, -0.1) is 0 Å². The Morgan fingerprint density at radius 3 is 2.92 bits per heavy atom. The lowest BCUT2D eigenvalue weighted by Gasteiger charge is -2.50. The van der Waals surface area contributed by atoms with Crippen LogP contribution < -0.4 is 4.74 Å². The Kier molecular flexibility index (Phi) is 4.79. The predicted molar refractivity (Wildman–Crippen MR) is 93.5 cm³/mol. The van der Waals surface area contributed by atoms with Gasteiger partial charge in [-0.05, 0) is 38.2 Å². The number of likely N-dealkylation sites (tertiary alicyclic amines) is 2. The zero-order chi connectivity index (χ0) is 17.1. The Morgan fingerprint density at radius 1 is 1.24 bits per heavy atom. The molecular formula is C19H27N3O3. The molecule has 6 nitrogen and oxygen atoms in total. The van der Waals surface area contributed by atoms with Gasteiger partial charge in [-0.3, -0.25) is 0 Å². The molecule has 1 aromatic heterocycles. The summed E-state index contributed by atoms with van der Waals surface area (Å²) in [6, 6.07) is 5.89. The van der Waals surface area contributed by atoms with Crippen molar-refractivity contribution in [3.05, 3.63) is 24.4 Å². The van der Waals surface area contributed by atoms with E-state index in [2.05, 4.69) is 4.98 Å². The van der Waals surface area contributed by atoms with Crippen LogP contribution in [0.1, 0.15) is 32.1 Å². The molecule has 3 aliphatic heterocycles. The van der Waals surface area contributed by atoms with Crippen LogP contribution in [0.15, 0.2) is 24.4 Å². The van der Waals surface area contributed by atoms with E-state index in [-0.39, 0.29) is 17.6 Å². The topological polar surface area (TPSA) is 54.9 Å². The molecular weight excluding hydrogens is 318 g/mol. The van der Waals surface area contributed by atoms with E-state index in [1.54, 1.807) is 6.20 Å². The summed E-state index contributed by atoms with van der Waals surface area (Å²) in [7, 11) is 0. The molecule has 2 amide bonds. The second kappa shape index (κ2) is 7.20. The Morgan fingerprint density at radius 2 is 2.12 bits per heavy atom. The van der Waals surface area contributed by atoms with Gasteiger partial charge >= 0.3 is 6.03 Å². The fourth-order valence-electron chi connectivity index (χ4n) is 4.42. The Labute approximate surface area is 149 Å². The molecule has 25 heavy (non-hydrogen) atoms. The van der Waals surface area contributed by atoms with Gasteiger partial charge in [0.15, 0.2) is 0 Å². The number of amides is 2. The van der Waals surface area contributed by atoms with E-state index >= 15 is 0 Å². The van der Waals surface area contributed by atoms with Gasteiger partial charge in [0, 0.05) is 50.5 Å². The maximum absolute atomic E-state index is 12.8. The number of nitrogens with zero attached hydrogens (tertiary/aromatic N) is 3. The van der Waals surface area contributed by atoms with Crippen LogP contribution in [0.2, 0.25) is 0 Å². The lowest BCUT2D eigenvalue weighted by molar-refractivity contribution is -0.134. The van der Waals surface area contributed by atoms with Crippen LogP contribution in [0.4, 0.5) is 4.79 Å². The van der Waals surface area contributed by atoms with Crippen molar-refractivity contribution in [3.8, 4) is 5.88 Å². The first kappa shape index (κ1) is 16.6. The van der Waals surface area contributed by atoms with Crippen LogP contribution in [0, 0.1) is 5.41 Å². The van der Waals surface area contributed by atoms with Gasteiger partial charge in [0.2, 0.25) is 5.88 Å². The van der Waals surface area contributed by atoms with Crippen molar-refractivity contribution in [1.29, 1.82) is 0 Å². The molecule has 6 heteroatoms. The van der Waals surface area contributed by atoms with Crippen molar-refractivity contribution in [3.63, 3.8) is 0 Å². The molecule has 2 unspecified atom stereocenters.